The van der Waals surface area contributed by atoms with Crippen LogP contribution < -0.4 is 10.0 Å². The predicted molar refractivity (Wildman–Crippen MR) is 123 cm³/mol. The lowest BCUT2D eigenvalue weighted by Gasteiger charge is -2.25. The van der Waals surface area contributed by atoms with Crippen LogP contribution in [0.15, 0.2) is 35.5 Å². The van der Waals surface area contributed by atoms with Gasteiger partial charge in [-0.3, -0.25) is 14.0 Å². The van der Waals surface area contributed by atoms with E-state index in [4.69, 9.17) is 9.47 Å². The minimum absolute atomic E-state index is 0.0601. The molecule has 16 heteroatoms. The van der Waals surface area contributed by atoms with Crippen LogP contribution in [-0.4, -0.2) is 75.0 Å². The van der Waals surface area contributed by atoms with Gasteiger partial charge in [-0.2, -0.15) is 5.10 Å². The molecule has 4 rings (SSSR count). The topological polar surface area (TPSA) is 163 Å². The van der Waals surface area contributed by atoms with Crippen molar-refractivity contribution in [2.24, 2.45) is 12.0 Å². The average Bonchev–Trinajstić information content (AvgIpc) is 3.45. The van der Waals surface area contributed by atoms with E-state index in [-0.39, 0.29) is 29.9 Å². The number of nitrogens with zero attached hydrogens (tertiary/aromatic N) is 8. The number of halogens is 1. The zero-order valence-corrected chi connectivity index (χ0v) is 20.1. The molecule has 3 aromatic rings. The van der Waals surface area contributed by atoms with E-state index in [1.54, 1.807) is 24.0 Å². The minimum atomic E-state index is -4.03. The van der Waals surface area contributed by atoms with Crippen molar-refractivity contribution in [3.63, 3.8) is 0 Å². The fourth-order valence-corrected chi connectivity index (χ4v) is 4.24. The van der Waals surface area contributed by atoms with Gasteiger partial charge in [0, 0.05) is 26.8 Å². The Morgan fingerprint density at radius 1 is 1.26 bits per heavy atom. The summed E-state index contributed by atoms with van der Waals surface area (Å²) in [5.74, 6) is -0.103. The Morgan fingerprint density at radius 3 is 2.63 bits per heavy atom. The van der Waals surface area contributed by atoms with Crippen LogP contribution in [0.3, 0.4) is 0 Å². The van der Waals surface area contributed by atoms with Crippen molar-refractivity contribution in [2.75, 3.05) is 18.9 Å². The lowest BCUT2D eigenvalue weighted by atomic mass is 10.3. The molecule has 0 aliphatic carbocycles. The molecule has 0 bridgehead atoms. The molecule has 0 amide bonds. The van der Waals surface area contributed by atoms with Crippen molar-refractivity contribution in [3.8, 4) is 11.5 Å². The third-order valence-corrected chi connectivity index (χ3v) is 6.75. The maximum Gasteiger partial charge on any atom is 0.243 e. The molecule has 0 saturated heterocycles. The number of aromatic nitrogens is 7. The van der Waals surface area contributed by atoms with Crippen molar-refractivity contribution in [2.45, 2.75) is 24.8 Å². The summed E-state index contributed by atoms with van der Waals surface area (Å²) in [4.78, 5) is 11.9. The molecule has 1 aliphatic heterocycles. The normalized spacial score (nSPS) is 16.8. The standard InChI is InChI=1S/C19H23FN10O4S/c1-11(7-14-21-8-12(20)9-22-14)35(31,32)28-19-26-25-16(13-5-6-29(2)27-13)30(19)15-17(33-3)23-10-24-18(15)34-4/h5-6,8-11,17H,7H2,1-4H3,(H,23,24)(H,26,28)/t11-,17?/m1/s1. The molecule has 0 fully saturated rings. The molecule has 35 heavy (non-hydrogen) atoms. The smallest absolute Gasteiger partial charge is 0.243 e. The number of sulfonamides is 1. The first-order valence-electron chi connectivity index (χ1n) is 10.3. The van der Waals surface area contributed by atoms with Crippen molar-refractivity contribution < 1.29 is 22.3 Å². The molecule has 2 N–H and O–H groups in total. The Morgan fingerprint density at radius 2 is 2.00 bits per heavy atom. The van der Waals surface area contributed by atoms with E-state index >= 15 is 0 Å². The summed E-state index contributed by atoms with van der Waals surface area (Å²) < 4.78 is 55.9. The highest BCUT2D eigenvalue weighted by atomic mass is 32.2. The van der Waals surface area contributed by atoms with Crippen LogP contribution in [0.25, 0.3) is 17.2 Å². The van der Waals surface area contributed by atoms with E-state index < -0.39 is 27.3 Å². The number of aryl methyl sites for hydroxylation is 1. The Bertz CT molecular complexity index is 1370. The number of hydrogen-bond acceptors (Lipinski definition) is 11. The van der Waals surface area contributed by atoms with Crippen LogP contribution in [0.2, 0.25) is 0 Å². The number of anilines is 1. The highest BCUT2D eigenvalue weighted by molar-refractivity contribution is 7.93. The van der Waals surface area contributed by atoms with E-state index in [0.717, 1.165) is 12.4 Å². The molecule has 14 nitrogen and oxygen atoms in total. The fourth-order valence-electron chi connectivity index (χ4n) is 3.29. The Kier molecular flexibility index (Phi) is 6.74. The Balaban J connectivity index is 1.75. The van der Waals surface area contributed by atoms with Gasteiger partial charge in [-0.15, -0.1) is 10.2 Å². The van der Waals surface area contributed by atoms with Gasteiger partial charge in [0.25, 0.3) is 0 Å². The van der Waals surface area contributed by atoms with Crippen molar-refractivity contribution in [3.05, 3.63) is 42.2 Å². The number of rotatable bonds is 9. The van der Waals surface area contributed by atoms with Gasteiger partial charge in [0.2, 0.25) is 21.9 Å². The van der Waals surface area contributed by atoms with Gasteiger partial charge in [0.15, 0.2) is 17.9 Å². The van der Waals surface area contributed by atoms with Crippen LogP contribution in [0.4, 0.5) is 10.3 Å². The third-order valence-electron chi connectivity index (χ3n) is 5.05. The zero-order chi connectivity index (χ0) is 25.2. The monoisotopic (exact) mass is 506 g/mol. The SMILES string of the molecule is COC1=C(n2c(NS(=O)(=O)[C@H](C)Cc3ncc(F)cn3)nnc2-c2ccn(C)n2)C(OC)N=CN1. The molecule has 4 heterocycles. The highest BCUT2D eigenvalue weighted by Gasteiger charge is 2.32. The third kappa shape index (κ3) is 4.97. The van der Waals surface area contributed by atoms with Crippen LogP contribution in [0, 0.1) is 5.82 Å². The molecule has 1 unspecified atom stereocenters. The van der Waals surface area contributed by atoms with E-state index in [2.05, 4.69) is 40.3 Å². The van der Waals surface area contributed by atoms with Crippen LogP contribution >= 0.6 is 0 Å². The summed E-state index contributed by atoms with van der Waals surface area (Å²) >= 11 is 0. The molecule has 0 radical (unpaired) electrons. The minimum Gasteiger partial charge on any atom is -0.481 e. The first-order chi connectivity index (χ1) is 16.7. The molecular formula is C19H23FN10O4S. The molecule has 3 aromatic heterocycles. The van der Waals surface area contributed by atoms with Gasteiger partial charge in [-0.1, -0.05) is 0 Å². The van der Waals surface area contributed by atoms with Crippen LogP contribution in [0.1, 0.15) is 12.7 Å². The van der Waals surface area contributed by atoms with Gasteiger partial charge in [-0.05, 0) is 13.0 Å². The summed E-state index contributed by atoms with van der Waals surface area (Å²) in [6.07, 6.45) is 4.14. The maximum absolute atomic E-state index is 13.2. The van der Waals surface area contributed by atoms with Gasteiger partial charge < -0.3 is 14.8 Å². The summed E-state index contributed by atoms with van der Waals surface area (Å²) in [7, 11) is 0.585. The summed E-state index contributed by atoms with van der Waals surface area (Å²) in [6, 6.07) is 1.70. The van der Waals surface area contributed by atoms with Gasteiger partial charge in [-0.25, -0.2) is 27.8 Å². The number of hydrogen-bond donors (Lipinski definition) is 2. The molecule has 1 aliphatic rings. The van der Waals surface area contributed by atoms with Crippen molar-refractivity contribution in [1.29, 1.82) is 0 Å². The maximum atomic E-state index is 13.2. The number of nitrogens with one attached hydrogen (secondary N) is 2. The molecular weight excluding hydrogens is 483 g/mol. The number of methoxy groups -OCH3 is 2. The number of aliphatic imine (C=N–C) groups is 1. The first kappa shape index (κ1) is 24.2. The second-order valence-electron chi connectivity index (χ2n) is 7.47. The van der Waals surface area contributed by atoms with Crippen molar-refractivity contribution >= 4 is 28.0 Å². The molecule has 0 aromatic carbocycles. The van der Waals surface area contributed by atoms with Gasteiger partial charge in [0.05, 0.1) is 31.1 Å². The molecule has 0 spiro atoms. The lowest BCUT2D eigenvalue weighted by Crippen LogP contribution is -2.32. The molecule has 2 atom stereocenters. The van der Waals surface area contributed by atoms with E-state index in [1.807, 2.05) is 0 Å². The van der Waals surface area contributed by atoms with E-state index in [9.17, 15) is 12.8 Å². The molecule has 186 valence electrons. The predicted octanol–water partition coefficient (Wildman–Crippen LogP) is 0.357. The first-order valence-corrected chi connectivity index (χ1v) is 11.8. The summed E-state index contributed by atoms with van der Waals surface area (Å²) in [5, 5.41) is 14.5. The Hall–Kier alpha value is -3.92. The second-order valence-corrected chi connectivity index (χ2v) is 9.56. The Labute approximate surface area is 200 Å². The van der Waals surface area contributed by atoms with E-state index in [1.165, 1.54) is 32.0 Å². The molecule has 0 saturated carbocycles. The quantitative estimate of drug-likeness (QED) is 0.414. The highest BCUT2D eigenvalue weighted by Crippen LogP contribution is 2.30. The van der Waals surface area contributed by atoms with Crippen LogP contribution in [0.5, 0.6) is 0 Å². The average molecular weight is 507 g/mol. The van der Waals surface area contributed by atoms with Crippen LogP contribution in [-0.2, 0) is 33.0 Å². The number of ether oxygens (including phenoxy) is 2. The lowest BCUT2D eigenvalue weighted by molar-refractivity contribution is 0.143. The summed E-state index contributed by atoms with van der Waals surface area (Å²) in [6.45, 7) is 1.47. The van der Waals surface area contributed by atoms with Crippen molar-refractivity contribution in [1.82, 2.24) is 39.8 Å². The van der Waals surface area contributed by atoms with Gasteiger partial charge >= 0.3 is 0 Å². The zero-order valence-electron chi connectivity index (χ0n) is 19.2. The summed E-state index contributed by atoms with van der Waals surface area (Å²) in [5.41, 5.74) is 0.723. The van der Waals surface area contributed by atoms with E-state index in [0.29, 0.717) is 11.4 Å². The largest absolute Gasteiger partial charge is 0.481 e. The fraction of sp³-hybridized carbons (Fsp3) is 0.368. The van der Waals surface area contributed by atoms with Gasteiger partial charge in [0.1, 0.15) is 17.2 Å². The second kappa shape index (κ2) is 9.75.